The lowest BCUT2D eigenvalue weighted by molar-refractivity contribution is -0.139. The quantitative estimate of drug-likeness (QED) is 0.566. The first-order chi connectivity index (χ1) is 11.3. The van der Waals surface area contributed by atoms with Gasteiger partial charge in [0.1, 0.15) is 6.04 Å². The SMILES string of the molecule is CC(=O)Nc1ccc(S(=O)(=O)NC(Cc2cnc[nH]2)C(=O)O)cc1. The number of rotatable bonds is 7. The summed E-state index contributed by atoms with van der Waals surface area (Å²) in [4.78, 5) is 28.6. The van der Waals surface area contributed by atoms with Gasteiger partial charge in [-0.25, -0.2) is 13.4 Å². The van der Waals surface area contributed by atoms with Crippen LogP contribution in [-0.2, 0) is 26.0 Å². The Morgan fingerprint density at radius 1 is 1.29 bits per heavy atom. The topological polar surface area (TPSA) is 141 Å². The monoisotopic (exact) mass is 352 g/mol. The molecule has 0 fully saturated rings. The first-order valence-corrected chi connectivity index (χ1v) is 8.36. The number of sulfonamides is 1. The average Bonchev–Trinajstić information content (AvgIpc) is 2.99. The highest BCUT2D eigenvalue weighted by atomic mass is 32.2. The van der Waals surface area contributed by atoms with E-state index in [0.29, 0.717) is 11.4 Å². The fourth-order valence-electron chi connectivity index (χ4n) is 1.97. The number of aliphatic carboxylic acids is 1. The van der Waals surface area contributed by atoms with Crippen molar-refractivity contribution >= 4 is 27.6 Å². The molecule has 1 amide bonds. The van der Waals surface area contributed by atoms with Gasteiger partial charge >= 0.3 is 5.97 Å². The summed E-state index contributed by atoms with van der Waals surface area (Å²) in [6, 6.07) is 4.05. The fraction of sp³-hybridized carbons (Fsp3) is 0.214. The first kappa shape index (κ1) is 17.6. The van der Waals surface area contributed by atoms with Crippen LogP contribution in [0.3, 0.4) is 0 Å². The van der Waals surface area contributed by atoms with E-state index in [4.69, 9.17) is 0 Å². The number of anilines is 1. The third kappa shape index (κ3) is 4.64. The maximum atomic E-state index is 12.3. The number of hydrogen-bond donors (Lipinski definition) is 4. The van der Waals surface area contributed by atoms with Gasteiger partial charge in [0.05, 0.1) is 11.2 Å². The van der Waals surface area contributed by atoms with Gasteiger partial charge in [0, 0.05) is 30.9 Å². The van der Waals surface area contributed by atoms with E-state index in [1.165, 1.54) is 43.7 Å². The maximum Gasteiger partial charge on any atom is 0.322 e. The normalized spacial score (nSPS) is 12.5. The number of imidazole rings is 1. The Labute approximate surface area is 138 Å². The Balaban J connectivity index is 2.15. The molecule has 24 heavy (non-hydrogen) atoms. The summed E-state index contributed by atoms with van der Waals surface area (Å²) in [6.45, 7) is 1.33. The van der Waals surface area contributed by atoms with Crippen molar-refractivity contribution in [3.05, 3.63) is 42.5 Å². The predicted molar refractivity (Wildman–Crippen MR) is 84.8 cm³/mol. The number of aromatic amines is 1. The van der Waals surface area contributed by atoms with Crippen LogP contribution in [0.1, 0.15) is 12.6 Å². The van der Waals surface area contributed by atoms with Crippen LogP contribution in [0.15, 0.2) is 41.7 Å². The molecule has 2 aromatic rings. The average molecular weight is 352 g/mol. The number of benzene rings is 1. The molecule has 1 aromatic heterocycles. The van der Waals surface area contributed by atoms with Crippen LogP contribution in [0.5, 0.6) is 0 Å². The number of amides is 1. The highest BCUT2D eigenvalue weighted by molar-refractivity contribution is 7.89. The number of hydrogen-bond acceptors (Lipinski definition) is 5. The highest BCUT2D eigenvalue weighted by Gasteiger charge is 2.26. The predicted octanol–water partition coefficient (Wildman–Crippen LogP) is 0.342. The molecule has 0 saturated carbocycles. The minimum absolute atomic E-state index is 0.0709. The summed E-state index contributed by atoms with van der Waals surface area (Å²) in [5.41, 5.74) is 0.930. The molecule has 1 atom stereocenters. The van der Waals surface area contributed by atoms with E-state index in [9.17, 15) is 23.1 Å². The second kappa shape index (κ2) is 7.23. The van der Waals surface area contributed by atoms with Gasteiger partial charge in [-0.2, -0.15) is 4.72 Å². The molecule has 128 valence electrons. The van der Waals surface area contributed by atoms with Crippen LogP contribution in [0, 0.1) is 0 Å². The lowest BCUT2D eigenvalue weighted by Gasteiger charge is -2.14. The highest BCUT2D eigenvalue weighted by Crippen LogP contribution is 2.15. The summed E-state index contributed by atoms with van der Waals surface area (Å²) in [5, 5.41) is 11.7. The Morgan fingerprint density at radius 2 is 1.96 bits per heavy atom. The molecular formula is C14H16N4O5S. The zero-order valence-electron chi connectivity index (χ0n) is 12.7. The molecule has 0 aliphatic carbocycles. The van der Waals surface area contributed by atoms with Crippen LogP contribution in [0.4, 0.5) is 5.69 Å². The summed E-state index contributed by atoms with van der Waals surface area (Å²) in [5.74, 6) is -1.59. The maximum absolute atomic E-state index is 12.3. The van der Waals surface area contributed by atoms with E-state index >= 15 is 0 Å². The second-order valence-electron chi connectivity index (χ2n) is 5.00. The van der Waals surface area contributed by atoms with E-state index in [1.807, 2.05) is 0 Å². The van der Waals surface area contributed by atoms with Gasteiger partial charge in [-0.15, -0.1) is 0 Å². The number of H-pyrrole nitrogens is 1. The molecule has 1 aromatic carbocycles. The molecule has 0 bridgehead atoms. The Bertz CT molecular complexity index is 815. The summed E-state index contributed by atoms with van der Waals surface area (Å²) >= 11 is 0. The van der Waals surface area contributed by atoms with Crippen molar-refractivity contribution in [2.24, 2.45) is 0 Å². The van der Waals surface area contributed by atoms with E-state index in [-0.39, 0.29) is 17.2 Å². The largest absolute Gasteiger partial charge is 0.480 e. The molecule has 0 spiro atoms. The van der Waals surface area contributed by atoms with Gasteiger partial charge in [0.25, 0.3) is 0 Å². The molecule has 0 aliphatic heterocycles. The first-order valence-electron chi connectivity index (χ1n) is 6.88. The molecular weight excluding hydrogens is 336 g/mol. The number of carbonyl (C=O) groups is 2. The van der Waals surface area contributed by atoms with Crippen LogP contribution < -0.4 is 10.0 Å². The van der Waals surface area contributed by atoms with Gasteiger partial charge < -0.3 is 15.4 Å². The molecule has 4 N–H and O–H groups in total. The minimum atomic E-state index is -4.03. The summed E-state index contributed by atoms with van der Waals surface area (Å²) < 4.78 is 26.8. The van der Waals surface area contributed by atoms with Crippen molar-refractivity contribution in [3.8, 4) is 0 Å². The lowest BCUT2D eigenvalue weighted by atomic mass is 10.2. The van der Waals surface area contributed by atoms with E-state index < -0.39 is 22.0 Å². The van der Waals surface area contributed by atoms with Gasteiger partial charge in [-0.3, -0.25) is 9.59 Å². The molecule has 0 radical (unpaired) electrons. The van der Waals surface area contributed by atoms with Crippen molar-refractivity contribution in [2.45, 2.75) is 24.3 Å². The van der Waals surface area contributed by atoms with Gasteiger partial charge in [-0.05, 0) is 24.3 Å². The van der Waals surface area contributed by atoms with Crippen molar-refractivity contribution in [1.29, 1.82) is 0 Å². The number of carboxylic acid groups (broad SMARTS) is 1. The van der Waals surface area contributed by atoms with Gasteiger partial charge in [0.15, 0.2) is 0 Å². The number of carboxylic acids is 1. The summed E-state index contributed by atoms with van der Waals surface area (Å²) in [6.07, 6.45) is 2.73. The Morgan fingerprint density at radius 3 is 2.46 bits per heavy atom. The number of carbonyl (C=O) groups excluding carboxylic acids is 1. The molecule has 0 aliphatic rings. The molecule has 1 unspecified atom stereocenters. The third-order valence-electron chi connectivity index (χ3n) is 3.06. The van der Waals surface area contributed by atoms with Gasteiger partial charge in [0.2, 0.25) is 15.9 Å². The zero-order chi connectivity index (χ0) is 17.7. The molecule has 2 rings (SSSR count). The molecule has 0 saturated heterocycles. The van der Waals surface area contributed by atoms with Crippen molar-refractivity contribution in [1.82, 2.24) is 14.7 Å². The molecule has 10 heteroatoms. The van der Waals surface area contributed by atoms with E-state index in [2.05, 4.69) is 20.0 Å². The van der Waals surface area contributed by atoms with Crippen molar-refractivity contribution < 1.29 is 23.1 Å². The summed E-state index contributed by atoms with van der Waals surface area (Å²) in [7, 11) is -4.03. The number of nitrogens with zero attached hydrogens (tertiary/aromatic N) is 1. The second-order valence-corrected chi connectivity index (χ2v) is 6.71. The van der Waals surface area contributed by atoms with E-state index in [0.717, 1.165) is 0 Å². The van der Waals surface area contributed by atoms with Crippen molar-refractivity contribution in [2.75, 3.05) is 5.32 Å². The Hall–Kier alpha value is -2.72. The van der Waals surface area contributed by atoms with Crippen LogP contribution in [0.25, 0.3) is 0 Å². The van der Waals surface area contributed by atoms with Crippen molar-refractivity contribution in [3.63, 3.8) is 0 Å². The van der Waals surface area contributed by atoms with Crippen LogP contribution >= 0.6 is 0 Å². The van der Waals surface area contributed by atoms with E-state index in [1.54, 1.807) is 0 Å². The molecule has 9 nitrogen and oxygen atoms in total. The minimum Gasteiger partial charge on any atom is -0.480 e. The van der Waals surface area contributed by atoms with Crippen LogP contribution in [0.2, 0.25) is 0 Å². The number of aromatic nitrogens is 2. The standard InChI is InChI=1S/C14H16N4O5S/c1-9(19)17-10-2-4-12(5-3-10)24(22,23)18-13(14(20)21)6-11-7-15-8-16-11/h2-5,7-8,13,18H,6H2,1H3,(H,15,16)(H,17,19)(H,20,21). The van der Waals surface area contributed by atoms with Gasteiger partial charge in [-0.1, -0.05) is 0 Å². The number of nitrogens with one attached hydrogen (secondary N) is 3. The zero-order valence-corrected chi connectivity index (χ0v) is 13.5. The smallest absolute Gasteiger partial charge is 0.322 e. The molecule has 1 heterocycles. The fourth-order valence-corrected chi connectivity index (χ4v) is 3.16. The lowest BCUT2D eigenvalue weighted by Crippen LogP contribution is -2.42. The third-order valence-corrected chi connectivity index (χ3v) is 4.55. The Kier molecular flexibility index (Phi) is 5.31. The van der Waals surface area contributed by atoms with Crippen LogP contribution in [-0.4, -0.2) is 41.4 Å².